The summed E-state index contributed by atoms with van der Waals surface area (Å²) in [6, 6.07) is 35.7. The van der Waals surface area contributed by atoms with E-state index in [1.807, 2.05) is 30.5 Å². The molecule has 0 radical (unpaired) electrons. The third-order valence-corrected chi connectivity index (χ3v) is 6.25. The Labute approximate surface area is 184 Å². The molecule has 0 aliphatic carbocycles. The number of hydrogen-bond acceptors (Lipinski definition) is 2. The molecule has 0 bridgehead atoms. The molecular weight excluding hydrogens is 392 g/mol. The van der Waals surface area contributed by atoms with Crippen molar-refractivity contribution in [2.45, 2.75) is 0 Å². The van der Waals surface area contributed by atoms with Gasteiger partial charge < -0.3 is 8.98 Å². The molecule has 3 heterocycles. The smallest absolute Gasteiger partial charge is 0.160 e. The minimum absolute atomic E-state index is 0.874. The fourth-order valence-electron chi connectivity index (χ4n) is 4.87. The zero-order chi connectivity index (χ0) is 21.1. The first-order valence-electron chi connectivity index (χ1n) is 10.7. The van der Waals surface area contributed by atoms with Gasteiger partial charge in [-0.05, 0) is 42.5 Å². The molecule has 0 saturated carbocycles. The molecule has 7 aromatic rings. The van der Waals surface area contributed by atoms with Crippen molar-refractivity contribution in [3.8, 4) is 16.9 Å². The molecule has 0 fully saturated rings. The molecule has 7 rings (SSSR count). The summed E-state index contributed by atoms with van der Waals surface area (Å²) in [6.07, 6.45) is 1.82. The molecule has 3 heteroatoms. The van der Waals surface area contributed by atoms with Crippen LogP contribution in [0.4, 0.5) is 0 Å². The summed E-state index contributed by atoms with van der Waals surface area (Å²) in [5, 5.41) is 4.63. The Bertz CT molecular complexity index is 1760. The van der Waals surface area contributed by atoms with E-state index in [9.17, 15) is 0 Å². The number of furan rings is 1. The Hall–Kier alpha value is -4.37. The van der Waals surface area contributed by atoms with Gasteiger partial charge in [-0.3, -0.25) is 4.98 Å². The first kappa shape index (κ1) is 17.3. The van der Waals surface area contributed by atoms with E-state index in [0.717, 1.165) is 44.4 Å². The third-order valence-electron chi connectivity index (χ3n) is 6.25. The van der Waals surface area contributed by atoms with Crippen molar-refractivity contribution < 1.29 is 4.42 Å². The molecule has 0 saturated heterocycles. The molecule has 150 valence electrons. The lowest BCUT2D eigenvalue weighted by molar-refractivity contribution is 0.672. The van der Waals surface area contributed by atoms with Gasteiger partial charge in [0.05, 0.1) is 16.7 Å². The van der Waals surface area contributed by atoms with Gasteiger partial charge in [-0.2, -0.15) is 0 Å². The van der Waals surface area contributed by atoms with E-state index in [-0.39, 0.29) is 0 Å². The number of hydrogen-bond donors (Lipinski definition) is 0. The first-order chi connectivity index (χ1) is 15.9. The number of para-hydroxylation sites is 3. The highest BCUT2D eigenvalue weighted by Gasteiger charge is 2.20. The van der Waals surface area contributed by atoms with Gasteiger partial charge in [-0.25, -0.2) is 0 Å². The van der Waals surface area contributed by atoms with Crippen LogP contribution in [0, 0.1) is 0 Å². The van der Waals surface area contributed by atoms with E-state index in [2.05, 4.69) is 88.4 Å². The van der Waals surface area contributed by atoms with Crippen molar-refractivity contribution in [3.63, 3.8) is 0 Å². The molecule has 0 unspecified atom stereocenters. The largest absolute Gasteiger partial charge is 0.453 e. The summed E-state index contributed by atoms with van der Waals surface area (Å²) in [7, 11) is 0. The zero-order valence-corrected chi connectivity index (χ0v) is 17.2. The standard InChI is InChI=1S/C29H18N2O/c1-2-9-19(10-3-1)31-26-15-5-4-11-20(26)21-16-17-23-22-12-8-13-24(25-14-6-7-18-30-25)28(22)32-29(23)27(21)31/h1-18H. The van der Waals surface area contributed by atoms with E-state index < -0.39 is 0 Å². The summed E-state index contributed by atoms with van der Waals surface area (Å²) in [6.45, 7) is 0. The molecule has 0 amide bonds. The Morgan fingerprint density at radius 2 is 1.31 bits per heavy atom. The molecule has 0 spiro atoms. The van der Waals surface area contributed by atoms with Crippen molar-refractivity contribution in [2.24, 2.45) is 0 Å². The van der Waals surface area contributed by atoms with Crippen molar-refractivity contribution in [1.82, 2.24) is 9.55 Å². The molecule has 32 heavy (non-hydrogen) atoms. The van der Waals surface area contributed by atoms with Crippen LogP contribution < -0.4 is 0 Å². The Morgan fingerprint density at radius 1 is 0.562 bits per heavy atom. The minimum atomic E-state index is 0.874. The molecule has 0 aliphatic heterocycles. The maximum Gasteiger partial charge on any atom is 0.160 e. The lowest BCUT2D eigenvalue weighted by Gasteiger charge is -2.07. The van der Waals surface area contributed by atoms with Crippen LogP contribution in [0.3, 0.4) is 0 Å². The minimum Gasteiger partial charge on any atom is -0.453 e. The maximum absolute atomic E-state index is 6.68. The molecule has 3 aromatic heterocycles. The van der Waals surface area contributed by atoms with Gasteiger partial charge in [0, 0.05) is 39.0 Å². The van der Waals surface area contributed by atoms with Crippen LogP contribution >= 0.6 is 0 Å². The number of fused-ring (bicyclic) bond motifs is 7. The number of rotatable bonds is 2. The fraction of sp³-hybridized carbons (Fsp3) is 0. The first-order valence-corrected chi connectivity index (χ1v) is 10.7. The van der Waals surface area contributed by atoms with Crippen LogP contribution in [0.15, 0.2) is 114 Å². The normalized spacial score (nSPS) is 11.8. The van der Waals surface area contributed by atoms with Crippen molar-refractivity contribution in [2.75, 3.05) is 0 Å². The predicted octanol–water partition coefficient (Wildman–Crippen LogP) is 7.75. The van der Waals surface area contributed by atoms with Crippen LogP contribution in [0.5, 0.6) is 0 Å². The van der Waals surface area contributed by atoms with Gasteiger partial charge in [0.25, 0.3) is 0 Å². The Morgan fingerprint density at radius 3 is 2.19 bits per heavy atom. The molecule has 0 aliphatic rings. The van der Waals surface area contributed by atoms with Crippen LogP contribution in [0.25, 0.3) is 60.7 Å². The summed E-state index contributed by atoms with van der Waals surface area (Å²) in [5.41, 5.74) is 7.09. The molecule has 4 aromatic carbocycles. The lowest BCUT2D eigenvalue weighted by atomic mass is 10.1. The number of aromatic nitrogens is 2. The van der Waals surface area contributed by atoms with Gasteiger partial charge in [0.2, 0.25) is 0 Å². The number of pyridine rings is 1. The highest BCUT2D eigenvalue weighted by Crippen LogP contribution is 2.42. The number of nitrogens with zero attached hydrogens (tertiary/aromatic N) is 2. The topological polar surface area (TPSA) is 31.0 Å². The summed E-state index contributed by atoms with van der Waals surface area (Å²) in [5.74, 6) is 0. The van der Waals surface area contributed by atoms with Crippen molar-refractivity contribution in [3.05, 3.63) is 109 Å². The van der Waals surface area contributed by atoms with Gasteiger partial charge in [-0.15, -0.1) is 0 Å². The SMILES string of the molecule is c1ccc(-n2c3ccccc3c3ccc4c5cccc(-c6ccccn6)c5oc4c32)cc1. The average Bonchev–Trinajstić information content (AvgIpc) is 3.41. The number of benzene rings is 4. The quantitative estimate of drug-likeness (QED) is 0.292. The Balaban J connectivity index is 1.68. The third kappa shape index (κ3) is 2.33. The summed E-state index contributed by atoms with van der Waals surface area (Å²) in [4.78, 5) is 4.57. The highest BCUT2D eigenvalue weighted by molar-refractivity contribution is 6.22. The van der Waals surface area contributed by atoms with Crippen LogP contribution in [-0.2, 0) is 0 Å². The van der Waals surface area contributed by atoms with E-state index in [0.29, 0.717) is 0 Å². The van der Waals surface area contributed by atoms with Crippen LogP contribution in [0.1, 0.15) is 0 Å². The summed E-state index contributed by atoms with van der Waals surface area (Å²) < 4.78 is 9.00. The average molecular weight is 410 g/mol. The lowest BCUT2D eigenvalue weighted by Crippen LogP contribution is -1.93. The van der Waals surface area contributed by atoms with E-state index >= 15 is 0 Å². The van der Waals surface area contributed by atoms with E-state index in [4.69, 9.17) is 4.42 Å². The fourth-order valence-corrected chi connectivity index (χ4v) is 4.87. The van der Waals surface area contributed by atoms with Gasteiger partial charge in [0.1, 0.15) is 5.58 Å². The molecule has 0 atom stereocenters. The molecule has 0 N–H and O–H groups in total. The predicted molar refractivity (Wildman–Crippen MR) is 131 cm³/mol. The van der Waals surface area contributed by atoms with Crippen LogP contribution in [-0.4, -0.2) is 9.55 Å². The van der Waals surface area contributed by atoms with Gasteiger partial charge in [0.15, 0.2) is 5.58 Å². The maximum atomic E-state index is 6.68. The second-order valence-corrected chi connectivity index (χ2v) is 8.03. The zero-order valence-electron chi connectivity index (χ0n) is 17.2. The second kappa shape index (κ2) is 6.56. The molecule has 3 nitrogen and oxygen atoms in total. The van der Waals surface area contributed by atoms with E-state index in [1.165, 1.54) is 16.3 Å². The van der Waals surface area contributed by atoms with Gasteiger partial charge >= 0.3 is 0 Å². The van der Waals surface area contributed by atoms with Gasteiger partial charge in [-0.1, -0.05) is 60.7 Å². The van der Waals surface area contributed by atoms with Crippen LogP contribution in [0.2, 0.25) is 0 Å². The monoisotopic (exact) mass is 410 g/mol. The van der Waals surface area contributed by atoms with Crippen molar-refractivity contribution in [1.29, 1.82) is 0 Å². The Kier molecular flexibility index (Phi) is 3.55. The second-order valence-electron chi connectivity index (χ2n) is 8.03. The van der Waals surface area contributed by atoms with E-state index in [1.54, 1.807) is 0 Å². The molecular formula is C29H18N2O. The van der Waals surface area contributed by atoms with Crippen molar-refractivity contribution >= 4 is 43.7 Å². The summed E-state index contributed by atoms with van der Waals surface area (Å²) >= 11 is 0. The highest BCUT2D eigenvalue weighted by atomic mass is 16.3.